The van der Waals surface area contributed by atoms with Crippen LogP contribution in [0.15, 0.2) is 36.9 Å². The minimum Gasteiger partial charge on any atom is -0.467 e. The Hall–Kier alpha value is -1.61. The van der Waals surface area contributed by atoms with E-state index in [4.69, 9.17) is 4.74 Å². The summed E-state index contributed by atoms with van der Waals surface area (Å²) in [7, 11) is 1.45. The molecule has 102 valence electrons. The van der Waals surface area contributed by atoms with E-state index < -0.39 is 5.54 Å². The first-order chi connectivity index (χ1) is 9.24. The van der Waals surface area contributed by atoms with Gasteiger partial charge >= 0.3 is 5.97 Å². The Kier molecular flexibility index (Phi) is 4.38. The number of hydrogen-bond donors (Lipinski definition) is 1. The molecule has 0 bridgehead atoms. The Balaban J connectivity index is 2.51. The maximum Gasteiger partial charge on any atom is 0.330 e. The SMILES string of the molecule is C=CCNC1(C(=O)OC)CCCCc2ccccc21. The molecule has 19 heavy (non-hydrogen) atoms. The number of hydrogen-bond acceptors (Lipinski definition) is 3. The van der Waals surface area contributed by atoms with Crippen molar-refractivity contribution in [3.8, 4) is 0 Å². The first-order valence-corrected chi connectivity index (χ1v) is 6.77. The fraction of sp³-hybridized carbons (Fsp3) is 0.438. The maximum absolute atomic E-state index is 12.4. The van der Waals surface area contributed by atoms with Crippen LogP contribution in [0.5, 0.6) is 0 Å². The highest BCUT2D eigenvalue weighted by Crippen LogP contribution is 2.35. The second-order valence-corrected chi connectivity index (χ2v) is 4.93. The Morgan fingerprint density at radius 1 is 1.47 bits per heavy atom. The molecule has 0 saturated carbocycles. The van der Waals surface area contributed by atoms with Crippen LogP contribution < -0.4 is 5.32 Å². The van der Waals surface area contributed by atoms with E-state index in [0.717, 1.165) is 31.2 Å². The van der Waals surface area contributed by atoms with Gasteiger partial charge in [0.2, 0.25) is 0 Å². The minimum atomic E-state index is -0.726. The lowest BCUT2D eigenvalue weighted by atomic mass is 9.84. The van der Waals surface area contributed by atoms with Gasteiger partial charge in [-0.05, 0) is 30.4 Å². The van der Waals surface area contributed by atoms with Crippen molar-refractivity contribution in [1.29, 1.82) is 0 Å². The molecule has 1 unspecified atom stereocenters. The summed E-state index contributed by atoms with van der Waals surface area (Å²) in [5.74, 6) is -0.205. The number of carbonyl (C=O) groups excluding carboxylic acids is 1. The van der Waals surface area contributed by atoms with Crippen molar-refractivity contribution in [3.63, 3.8) is 0 Å². The van der Waals surface area contributed by atoms with Gasteiger partial charge in [-0.25, -0.2) is 4.79 Å². The molecule has 1 aliphatic rings. The Morgan fingerprint density at radius 2 is 2.26 bits per heavy atom. The van der Waals surface area contributed by atoms with Crippen molar-refractivity contribution < 1.29 is 9.53 Å². The predicted octanol–water partition coefficient (Wildman–Crippen LogP) is 2.56. The fourth-order valence-corrected chi connectivity index (χ4v) is 2.88. The number of esters is 1. The summed E-state index contributed by atoms with van der Waals surface area (Å²) in [4.78, 5) is 12.4. The lowest BCUT2D eigenvalue weighted by Crippen LogP contribution is -2.50. The highest BCUT2D eigenvalue weighted by molar-refractivity contribution is 5.83. The van der Waals surface area contributed by atoms with Crippen molar-refractivity contribution in [1.82, 2.24) is 5.32 Å². The van der Waals surface area contributed by atoms with Crippen molar-refractivity contribution >= 4 is 5.97 Å². The molecular weight excluding hydrogens is 238 g/mol. The van der Waals surface area contributed by atoms with Crippen LogP contribution in [0.3, 0.4) is 0 Å². The lowest BCUT2D eigenvalue weighted by Gasteiger charge is -2.32. The van der Waals surface area contributed by atoms with Crippen LogP contribution in [0.4, 0.5) is 0 Å². The van der Waals surface area contributed by atoms with E-state index in [1.54, 1.807) is 6.08 Å². The minimum absolute atomic E-state index is 0.205. The van der Waals surface area contributed by atoms with Crippen LogP contribution in [-0.4, -0.2) is 19.6 Å². The van der Waals surface area contributed by atoms with E-state index in [-0.39, 0.29) is 5.97 Å². The van der Waals surface area contributed by atoms with Crippen LogP contribution >= 0.6 is 0 Å². The molecule has 3 heteroatoms. The Bertz CT molecular complexity index is 470. The van der Waals surface area contributed by atoms with Gasteiger partial charge < -0.3 is 4.74 Å². The predicted molar refractivity (Wildman–Crippen MR) is 75.9 cm³/mol. The van der Waals surface area contributed by atoms with Crippen LogP contribution in [-0.2, 0) is 21.5 Å². The molecule has 0 fully saturated rings. The van der Waals surface area contributed by atoms with Crippen molar-refractivity contribution in [3.05, 3.63) is 48.0 Å². The second-order valence-electron chi connectivity index (χ2n) is 4.93. The molecule has 0 heterocycles. The van der Waals surface area contributed by atoms with Gasteiger partial charge in [-0.1, -0.05) is 36.8 Å². The third-order valence-corrected chi connectivity index (χ3v) is 3.81. The number of benzene rings is 1. The van der Waals surface area contributed by atoms with Gasteiger partial charge in [0.1, 0.15) is 5.54 Å². The first kappa shape index (κ1) is 13.8. The lowest BCUT2D eigenvalue weighted by molar-refractivity contribution is -0.149. The highest BCUT2D eigenvalue weighted by Gasteiger charge is 2.42. The van der Waals surface area contributed by atoms with Crippen molar-refractivity contribution in [2.45, 2.75) is 31.2 Å². The molecule has 0 radical (unpaired) electrons. The van der Waals surface area contributed by atoms with E-state index in [1.807, 2.05) is 18.2 Å². The molecule has 0 saturated heterocycles. The van der Waals surface area contributed by atoms with E-state index in [1.165, 1.54) is 12.7 Å². The summed E-state index contributed by atoms with van der Waals surface area (Å²) in [6.45, 7) is 4.31. The number of carbonyl (C=O) groups is 1. The largest absolute Gasteiger partial charge is 0.467 e. The number of aryl methyl sites for hydroxylation is 1. The molecule has 0 spiro atoms. The zero-order chi connectivity index (χ0) is 13.7. The molecule has 0 aromatic heterocycles. The third-order valence-electron chi connectivity index (χ3n) is 3.81. The van der Waals surface area contributed by atoms with Gasteiger partial charge in [0.15, 0.2) is 0 Å². The van der Waals surface area contributed by atoms with E-state index in [9.17, 15) is 4.79 Å². The van der Waals surface area contributed by atoms with E-state index in [0.29, 0.717) is 6.54 Å². The molecule has 0 amide bonds. The number of methoxy groups -OCH3 is 1. The first-order valence-electron chi connectivity index (χ1n) is 6.77. The zero-order valence-electron chi connectivity index (χ0n) is 11.4. The molecular formula is C16H21NO2. The smallest absolute Gasteiger partial charge is 0.330 e. The third kappa shape index (κ3) is 2.56. The molecule has 3 nitrogen and oxygen atoms in total. The summed E-state index contributed by atoms with van der Waals surface area (Å²) in [6.07, 6.45) is 5.67. The normalized spacial score (nSPS) is 22.2. The van der Waals surface area contributed by atoms with E-state index in [2.05, 4.69) is 18.0 Å². The van der Waals surface area contributed by atoms with Gasteiger partial charge in [0, 0.05) is 6.54 Å². The molecule has 1 aromatic rings. The molecule has 1 aliphatic carbocycles. The summed E-state index contributed by atoms with van der Waals surface area (Å²) >= 11 is 0. The fourth-order valence-electron chi connectivity index (χ4n) is 2.88. The van der Waals surface area contributed by atoms with Gasteiger partial charge in [-0.15, -0.1) is 6.58 Å². The van der Waals surface area contributed by atoms with Gasteiger partial charge in [-0.3, -0.25) is 5.32 Å². The van der Waals surface area contributed by atoms with Gasteiger partial charge in [0.25, 0.3) is 0 Å². The quantitative estimate of drug-likeness (QED) is 0.513. The van der Waals surface area contributed by atoms with Crippen molar-refractivity contribution in [2.75, 3.05) is 13.7 Å². The number of ether oxygens (including phenoxy) is 1. The number of fused-ring (bicyclic) bond motifs is 1. The second kappa shape index (κ2) is 6.02. The standard InChI is InChI=1S/C16H21NO2/c1-3-12-17-16(15(18)19-2)11-7-6-9-13-8-4-5-10-14(13)16/h3-5,8,10,17H,1,6-7,9,11-12H2,2H3. The van der Waals surface area contributed by atoms with Crippen LogP contribution in [0.2, 0.25) is 0 Å². The Morgan fingerprint density at radius 3 is 3.00 bits per heavy atom. The highest BCUT2D eigenvalue weighted by atomic mass is 16.5. The van der Waals surface area contributed by atoms with Crippen LogP contribution in [0.1, 0.15) is 30.4 Å². The number of rotatable bonds is 4. The average Bonchev–Trinajstić information content (AvgIpc) is 2.65. The molecule has 1 atom stereocenters. The maximum atomic E-state index is 12.4. The molecule has 1 aromatic carbocycles. The van der Waals surface area contributed by atoms with Gasteiger partial charge in [0.05, 0.1) is 7.11 Å². The summed E-state index contributed by atoms with van der Waals surface area (Å²) in [5, 5.41) is 3.34. The average molecular weight is 259 g/mol. The van der Waals surface area contributed by atoms with E-state index >= 15 is 0 Å². The molecule has 1 N–H and O–H groups in total. The summed E-state index contributed by atoms with van der Waals surface area (Å²) < 4.78 is 5.07. The topological polar surface area (TPSA) is 38.3 Å². The molecule has 2 rings (SSSR count). The summed E-state index contributed by atoms with van der Waals surface area (Å²) in [6, 6.07) is 8.15. The van der Waals surface area contributed by atoms with Gasteiger partial charge in [-0.2, -0.15) is 0 Å². The van der Waals surface area contributed by atoms with Crippen LogP contribution in [0, 0.1) is 0 Å². The molecule has 0 aliphatic heterocycles. The van der Waals surface area contributed by atoms with Crippen LogP contribution in [0.25, 0.3) is 0 Å². The zero-order valence-corrected chi connectivity index (χ0v) is 11.4. The summed E-state index contributed by atoms with van der Waals surface area (Å²) in [5.41, 5.74) is 1.57. The number of nitrogens with one attached hydrogen (secondary N) is 1. The Labute approximate surface area is 114 Å². The monoisotopic (exact) mass is 259 g/mol. The van der Waals surface area contributed by atoms with Crippen molar-refractivity contribution in [2.24, 2.45) is 0 Å².